The van der Waals surface area contributed by atoms with Gasteiger partial charge in [-0.2, -0.15) is 0 Å². The highest BCUT2D eigenvalue weighted by atomic mass is 16.3. The quantitative estimate of drug-likeness (QED) is 0.899. The summed E-state index contributed by atoms with van der Waals surface area (Å²) in [5, 5.41) is 0. The molecule has 1 aliphatic heterocycles. The van der Waals surface area contributed by atoms with E-state index in [4.69, 9.17) is 10.2 Å². The Labute approximate surface area is 107 Å². The summed E-state index contributed by atoms with van der Waals surface area (Å²) in [7, 11) is 0. The number of aryl methyl sites for hydroxylation is 1. The first-order valence-electron chi connectivity index (χ1n) is 6.39. The maximum absolute atomic E-state index is 6.21. The summed E-state index contributed by atoms with van der Waals surface area (Å²) in [6, 6.07) is 12.4. The number of hydrogen-bond acceptors (Lipinski definition) is 3. The zero-order chi connectivity index (χ0) is 12.5. The van der Waals surface area contributed by atoms with Crippen molar-refractivity contribution in [3.05, 3.63) is 53.5 Å². The second kappa shape index (κ2) is 4.50. The van der Waals surface area contributed by atoms with Crippen LogP contribution in [0.25, 0.3) is 0 Å². The van der Waals surface area contributed by atoms with E-state index in [0.717, 1.165) is 31.0 Å². The van der Waals surface area contributed by atoms with Crippen molar-refractivity contribution in [2.45, 2.75) is 19.4 Å². The van der Waals surface area contributed by atoms with E-state index in [0.29, 0.717) is 0 Å². The van der Waals surface area contributed by atoms with Crippen molar-refractivity contribution in [3.63, 3.8) is 0 Å². The van der Waals surface area contributed by atoms with Crippen LogP contribution in [0.15, 0.2) is 40.8 Å². The average molecular weight is 242 g/mol. The van der Waals surface area contributed by atoms with Gasteiger partial charge in [0.15, 0.2) is 0 Å². The lowest BCUT2D eigenvalue weighted by atomic mass is 10.2. The maximum atomic E-state index is 6.21. The molecule has 0 bridgehead atoms. The van der Waals surface area contributed by atoms with Crippen molar-refractivity contribution in [1.29, 1.82) is 0 Å². The zero-order valence-electron chi connectivity index (χ0n) is 10.6. The van der Waals surface area contributed by atoms with E-state index in [1.807, 2.05) is 19.1 Å². The lowest BCUT2D eigenvalue weighted by molar-refractivity contribution is 0.445. The fourth-order valence-corrected chi connectivity index (χ4v) is 2.58. The Hall–Kier alpha value is -1.74. The van der Waals surface area contributed by atoms with E-state index >= 15 is 0 Å². The molecule has 1 atom stereocenters. The Morgan fingerprint density at radius 2 is 2.11 bits per heavy atom. The number of nitrogens with two attached hydrogens (primary N) is 1. The van der Waals surface area contributed by atoms with Crippen molar-refractivity contribution in [1.82, 2.24) is 0 Å². The largest absolute Gasteiger partial charge is 0.465 e. The second-order valence-corrected chi connectivity index (χ2v) is 4.88. The van der Waals surface area contributed by atoms with Gasteiger partial charge in [0.2, 0.25) is 0 Å². The van der Waals surface area contributed by atoms with Gasteiger partial charge in [0.1, 0.15) is 11.5 Å². The van der Waals surface area contributed by atoms with E-state index in [9.17, 15) is 0 Å². The van der Waals surface area contributed by atoms with E-state index in [1.165, 1.54) is 11.3 Å². The molecule has 0 saturated carbocycles. The molecule has 1 aromatic carbocycles. The van der Waals surface area contributed by atoms with Gasteiger partial charge < -0.3 is 15.1 Å². The molecule has 0 radical (unpaired) electrons. The van der Waals surface area contributed by atoms with Crippen molar-refractivity contribution in [2.24, 2.45) is 5.73 Å². The molecule has 94 valence electrons. The highest BCUT2D eigenvalue weighted by Crippen LogP contribution is 2.29. The van der Waals surface area contributed by atoms with Gasteiger partial charge in [-0.3, -0.25) is 0 Å². The number of benzene rings is 1. The Balaban J connectivity index is 1.75. The first-order valence-corrected chi connectivity index (χ1v) is 6.39. The first-order chi connectivity index (χ1) is 8.74. The molecule has 3 nitrogen and oxygen atoms in total. The Morgan fingerprint density at radius 3 is 2.89 bits per heavy atom. The van der Waals surface area contributed by atoms with E-state index in [1.54, 1.807) is 0 Å². The third-order valence-electron chi connectivity index (χ3n) is 3.53. The minimum Gasteiger partial charge on any atom is -0.465 e. The van der Waals surface area contributed by atoms with Gasteiger partial charge in [-0.1, -0.05) is 18.2 Å². The lowest BCUT2D eigenvalue weighted by Crippen LogP contribution is -2.30. The van der Waals surface area contributed by atoms with Gasteiger partial charge in [-0.25, -0.2) is 0 Å². The predicted octanol–water partition coefficient (Wildman–Crippen LogP) is 2.65. The van der Waals surface area contributed by atoms with Gasteiger partial charge >= 0.3 is 0 Å². The highest BCUT2D eigenvalue weighted by molar-refractivity contribution is 5.57. The van der Waals surface area contributed by atoms with Gasteiger partial charge in [0.05, 0.1) is 6.04 Å². The number of anilines is 1. The maximum Gasteiger partial charge on any atom is 0.122 e. The standard InChI is InChI=1S/C15H18N2O/c1-11-6-7-15(18-11)13(16)10-17-9-8-12-4-2-3-5-14(12)17/h2-7,13H,8-10,16H2,1H3. The Bertz CT molecular complexity index is 547. The molecule has 2 N–H and O–H groups in total. The molecule has 0 aliphatic carbocycles. The molecule has 1 aliphatic rings. The molecule has 1 unspecified atom stereocenters. The zero-order valence-corrected chi connectivity index (χ0v) is 10.6. The molecular weight excluding hydrogens is 224 g/mol. The third kappa shape index (κ3) is 2.02. The lowest BCUT2D eigenvalue weighted by Gasteiger charge is -2.22. The molecule has 0 spiro atoms. The van der Waals surface area contributed by atoms with E-state index in [-0.39, 0.29) is 6.04 Å². The van der Waals surface area contributed by atoms with E-state index in [2.05, 4.69) is 29.2 Å². The van der Waals surface area contributed by atoms with Crippen molar-refractivity contribution in [3.8, 4) is 0 Å². The number of hydrogen-bond donors (Lipinski definition) is 1. The van der Waals surface area contributed by atoms with Gasteiger partial charge in [0, 0.05) is 18.8 Å². The average Bonchev–Trinajstić information content (AvgIpc) is 2.97. The normalized spacial score (nSPS) is 15.8. The molecule has 0 fully saturated rings. The highest BCUT2D eigenvalue weighted by Gasteiger charge is 2.21. The molecule has 0 amide bonds. The van der Waals surface area contributed by atoms with Crippen LogP contribution in [0.3, 0.4) is 0 Å². The van der Waals surface area contributed by atoms with Gasteiger partial charge in [-0.05, 0) is 37.1 Å². The minimum absolute atomic E-state index is 0.0649. The molecule has 3 heteroatoms. The monoisotopic (exact) mass is 242 g/mol. The fourth-order valence-electron chi connectivity index (χ4n) is 2.58. The number of nitrogens with zero attached hydrogens (tertiary/aromatic N) is 1. The number of furan rings is 1. The van der Waals surface area contributed by atoms with Crippen LogP contribution in [0.5, 0.6) is 0 Å². The molecule has 3 rings (SSSR count). The van der Waals surface area contributed by atoms with Crippen LogP contribution in [0.2, 0.25) is 0 Å². The fraction of sp³-hybridized carbons (Fsp3) is 0.333. The number of para-hydroxylation sites is 1. The SMILES string of the molecule is Cc1ccc(C(N)CN2CCc3ccccc32)o1. The van der Waals surface area contributed by atoms with Crippen LogP contribution < -0.4 is 10.6 Å². The molecule has 2 aromatic rings. The summed E-state index contributed by atoms with van der Waals surface area (Å²) >= 11 is 0. The van der Waals surface area contributed by atoms with Crippen LogP contribution in [-0.4, -0.2) is 13.1 Å². The first kappa shape index (κ1) is 11.4. The molecule has 1 aromatic heterocycles. The van der Waals surface area contributed by atoms with Crippen molar-refractivity contribution in [2.75, 3.05) is 18.0 Å². The molecule has 18 heavy (non-hydrogen) atoms. The van der Waals surface area contributed by atoms with Crippen LogP contribution in [-0.2, 0) is 6.42 Å². The summed E-state index contributed by atoms with van der Waals surface area (Å²) in [5.74, 6) is 1.79. The summed E-state index contributed by atoms with van der Waals surface area (Å²) in [5.41, 5.74) is 8.94. The Kier molecular flexibility index (Phi) is 2.84. The van der Waals surface area contributed by atoms with Crippen LogP contribution in [0, 0.1) is 6.92 Å². The number of fused-ring (bicyclic) bond motifs is 1. The van der Waals surface area contributed by atoms with Crippen LogP contribution in [0.1, 0.15) is 23.1 Å². The molecular formula is C15H18N2O. The topological polar surface area (TPSA) is 42.4 Å². The van der Waals surface area contributed by atoms with Gasteiger partial charge in [0.25, 0.3) is 0 Å². The summed E-state index contributed by atoms with van der Waals surface area (Å²) in [6.45, 7) is 3.80. The van der Waals surface area contributed by atoms with Crippen LogP contribution >= 0.6 is 0 Å². The van der Waals surface area contributed by atoms with Crippen molar-refractivity contribution < 1.29 is 4.42 Å². The smallest absolute Gasteiger partial charge is 0.122 e. The van der Waals surface area contributed by atoms with Crippen molar-refractivity contribution >= 4 is 5.69 Å². The minimum atomic E-state index is -0.0649. The molecule has 0 saturated heterocycles. The molecule has 2 heterocycles. The third-order valence-corrected chi connectivity index (χ3v) is 3.53. The van der Waals surface area contributed by atoms with E-state index < -0.39 is 0 Å². The number of rotatable bonds is 3. The van der Waals surface area contributed by atoms with Crippen LogP contribution in [0.4, 0.5) is 5.69 Å². The summed E-state index contributed by atoms with van der Waals surface area (Å²) in [6.07, 6.45) is 1.11. The summed E-state index contributed by atoms with van der Waals surface area (Å²) < 4.78 is 5.59. The summed E-state index contributed by atoms with van der Waals surface area (Å²) in [4.78, 5) is 2.35. The second-order valence-electron chi connectivity index (χ2n) is 4.88. The Morgan fingerprint density at radius 1 is 1.28 bits per heavy atom. The predicted molar refractivity (Wildman–Crippen MR) is 72.7 cm³/mol. The van der Waals surface area contributed by atoms with Gasteiger partial charge in [-0.15, -0.1) is 0 Å².